The van der Waals surface area contributed by atoms with Gasteiger partial charge in [0.2, 0.25) is 0 Å². The summed E-state index contributed by atoms with van der Waals surface area (Å²) in [4.78, 5) is 3.19. The van der Waals surface area contributed by atoms with Crippen LogP contribution in [0.3, 0.4) is 0 Å². The highest BCUT2D eigenvalue weighted by molar-refractivity contribution is 8.00. The molecule has 2 heterocycles. The summed E-state index contributed by atoms with van der Waals surface area (Å²) in [5, 5.41) is 0.753. The Bertz CT molecular complexity index is 405. The average molecular weight is 256 g/mol. The molecule has 4 heteroatoms. The van der Waals surface area contributed by atoms with Crippen molar-refractivity contribution in [2.75, 3.05) is 5.75 Å². The van der Waals surface area contributed by atoms with E-state index in [-0.39, 0.29) is 5.41 Å². The molecule has 1 aliphatic heterocycles. The number of nitrogens with one attached hydrogen (secondary N) is 1. The van der Waals surface area contributed by atoms with E-state index in [9.17, 15) is 0 Å². The van der Waals surface area contributed by atoms with E-state index in [2.05, 4.69) is 48.3 Å². The Kier molecular flexibility index (Phi) is 3.50. The number of hydrogen-bond acceptors (Lipinski definition) is 2. The first kappa shape index (κ1) is 12.2. The van der Waals surface area contributed by atoms with E-state index >= 15 is 0 Å². The van der Waals surface area contributed by atoms with Gasteiger partial charge in [0.25, 0.3) is 0 Å². The zero-order chi connectivity index (χ0) is 11.8. The van der Waals surface area contributed by atoms with Crippen LogP contribution in [0.5, 0.6) is 0 Å². The molecule has 1 aromatic rings. The summed E-state index contributed by atoms with van der Waals surface area (Å²) in [6.07, 6.45) is 4.76. The Labute approximate surface area is 107 Å². The van der Waals surface area contributed by atoms with Gasteiger partial charge in [-0.3, -0.25) is 0 Å². The topological polar surface area (TPSA) is 20.7 Å². The van der Waals surface area contributed by atoms with Gasteiger partial charge in [0, 0.05) is 29.1 Å². The molecule has 1 N–H and O–H groups in total. The van der Waals surface area contributed by atoms with Gasteiger partial charge in [-0.05, 0) is 30.8 Å². The van der Waals surface area contributed by atoms with Crippen molar-refractivity contribution in [2.45, 2.75) is 50.8 Å². The zero-order valence-corrected chi connectivity index (χ0v) is 11.9. The van der Waals surface area contributed by atoms with Crippen LogP contribution in [0.4, 0.5) is 0 Å². The summed E-state index contributed by atoms with van der Waals surface area (Å²) >= 11 is 7.46. The van der Waals surface area contributed by atoms with Crippen molar-refractivity contribution >= 4 is 24.0 Å². The molecule has 1 atom stereocenters. The van der Waals surface area contributed by atoms with E-state index in [0.717, 1.165) is 16.6 Å². The van der Waals surface area contributed by atoms with E-state index < -0.39 is 0 Å². The molecular weight excluding hydrogens is 236 g/mol. The molecule has 0 aromatic carbocycles. The van der Waals surface area contributed by atoms with Gasteiger partial charge in [0.05, 0.1) is 0 Å². The number of imidazole rings is 1. The Morgan fingerprint density at radius 3 is 2.88 bits per heavy atom. The number of rotatable bonds is 2. The molecule has 2 nitrogen and oxygen atoms in total. The molecular formula is C12H20N2S2. The molecule has 1 aliphatic rings. The summed E-state index contributed by atoms with van der Waals surface area (Å²) in [5.74, 6) is 1.31. The SMILES string of the molecule is CC(C)(C)c1c[nH]c(=S)n1CC1CCCS1. The Hall–Kier alpha value is -0.220. The molecule has 16 heavy (non-hydrogen) atoms. The normalized spacial score (nSPS) is 21.6. The van der Waals surface area contributed by atoms with Crippen LogP contribution in [0, 0.1) is 4.77 Å². The van der Waals surface area contributed by atoms with Crippen molar-refractivity contribution < 1.29 is 0 Å². The molecule has 0 radical (unpaired) electrons. The first-order chi connectivity index (χ1) is 7.48. The van der Waals surface area contributed by atoms with Gasteiger partial charge in [-0.25, -0.2) is 0 Å². The zero-order valence-electron chi connectivity index (χ0n) is 10.2. The van der Waals surface area contributed by atoms with Crippen molar-refractivity contribution in [1.82, 2.24) is 9.55 Å². The fourth-order valence-electron chi connectivity index (χ4n) is 2.19. The van der Waals surface area contributed by atoms with Gasteiger partial charge in [0.1, 0.15) is 0 Å². The summed E-state index contributed by atoms with van der Waals surface area (Å²) in [6.45, 7) is 7.79. The largest absolute Gasteiger partial charge is 0.337 e. The highest BCUT2D eigenvalue weighted by atomic mass is 32.2. The smallest absolute Gasteiger partial charge is 0.177 e. The minimum atomic E-state index is 0.164. The lowest BCUT2D eigenvalue weighted by Gasteiger charge is -2.22. The molecule has 90 valence electrons. The first-order valence-corrected chi connectivity index (χ1v) is 7.34. The molecule has 0 amide bonds. The summed E-state index contributed by atoms with van der Waals surface area (Å²) in [6, 6.07) is 0. The number of hydrogen-bond donors (Lipinski definition) is 1. The van der Waals surface area contributed by atoms with Crippen LogP contribution in [-0.2, 0) is 12.0 Å². The summed E-state index contributed by atoms with van der Waals surface area (Å²) < 4.78 is 3.16. The number of aromatic nitrogens is 2. The summed E-state index contributed by atoms with van der Waals surface area (Å²) in [7, 11) is 0. The monoisotopic (exact) mass is 256 g/mol. The van der Waals surface area contributed by atoms with Gasteiger partial charge < -0.3 is 9.55 Å². The van der Waals surface area contributed by atoms with Crippen LogP contribution < -0.4 is 0 Å². The van der Waals surface area contributed by atoms with Crippen LogP contribution in [0.25, 0.3) is 0 Å². The minimum Gasteiger partial charge on any atom is -0.337 e. The van der Waals surface area contributed by atoms with Crippen molar-refractivity contribution in [2.24, 2.45) is 0 Å². The Morgan fingerprint density at radius 2 is 2.31 bits per heavy atom. The van der Waals surface area contributed by atoms with E-state index in [4.69, 9.17) is 12.2 Å². The lowest BCUT2D eigenvalue weighted by Crippen LogP contribution is -2.21. The second-order valence-electron chi connectivity index (χ2n) is 5.47. The third-order valence-electron chi connectivity index (χ3n) is 3.05. The third kappa shape index (κ3) is 2.54. The standard InChI is InChI=1S/C12H20N2S2/c1-12(2,3)10-7-13-11(15)14(10)8-9-5-4-6-16-9/h7,9H,4-6,8H2,1-3H3,(H,13,15). The van der Waals surface area contributed by atoms with Crippen LogP contribution >= 0.6 is 24.0 Å². The van der Waals surface area contributed by atoms with Crippen molar-refractivity contribution in [3.05, 3.63) is 16.7 Å². The number of thioether (sulfide) groups is 1. The molecule has 1 unspecified atom stereocenters. The van der Waals surface area contributed by atoms with Crippen LogP contribution in [0.1, 0.15) is 39.3 Å². The number of aromatic amines is 1. The Morgan fingerprint density at radius 1 is 1.56 bits per heavy atom. The van der Waals surface area contributed by atoms with Gasteiger partial charge >= 0.3 is 0 Å². The number of nitrogens with zero attached hydrogens (tertiary/aromatic N) is 1. The predicted molar refractivity (Wildman–Crippen MR) is 73.8 cm³/mol. The fraction of sp³-hybridized carbons (Fsp3) is 0.750. The summed E-state index contributed by atoms with van der Waals surface area (Å²) in [5.41, 5.74) is 1.49. The third-order valence-corrected chi connectivity index (χ3v) is 4.77. The predicted octanol–water partition coefficient (Wildman–Crippen LogP) is 3.74. The van der Waals surface area contributed by atoms with Crippen LogP contribution in [0.2, 0.25) is 0 Å². The maximum absolute atomic E-state index is 5.37. The minimum absolute atomic E-state index is 0.164. The molecule has 1 fully saturated rings. The van der Waals surface area contributed by atoms with E-state index in [1.54, 1.807) is 0 Å². The lowest BCUT2D eigenvalue weighted by atomic mass is 9.92. The van der Waals surface area contributed by atoms with Gasteiger partial charge in [-0.15, -0.1) is 0 Å². The fourth-order valence-corrected chi connectivity index (χ4v) is 3.68. The highest BCUT2D eigenvalue weighted by Crippen LogP contribution is 2.30. The lowest BCUT2D eigenvalue weighted by molar-refractivity contribution is 0.506. The van der Waals surface area contributed by atoms with E-state index in [0.29, 0.717) is 0 Å². The van der Waals surface area contributed by atoms with Gasteiger partial charge in [-0.2, -0.15) is 11.8 Å². The Balaban J connectivity index is 2.25. The van der Waals surface area contributed by atoms with E-state index in [1.807, 2.05) is 0 Å². The quantitative estimate of drug-likeness (QED) is 0.814. The molecule has 0 spiro atoms. The maximum atomic E-state index is 5.37. The van der Waals surface area contributed by atoms with Gasteiger partial charge in [0.15, 0.2) is 4.77 Å². The highest BCUT2D eigenvalue weighted by Gasteiger charge is 2.22. The van der Waals surface area contributed by atoms with Crippen molar-refractivity contribution in [3.63, 3.8) is 0 Å². The van der Waals surface area contributed by atoms with Crippen LogP contribution in [-0.4, -0.2) is 20.6 Å². The van der Waals surface area contributed by atoms with Crippen LogP contribution in [0.15, 0.2) is 6.20 Å². The van der Waals surface area contributed by atoms with Crippen molar-refractivity contribution in [3.8, 4) is 0 Å². The molecule has 2 rings (SSSR count). The van der Waals surface area contributed by atoms with Gasteiger partial charge in [-0.1, -0.05) is 20.8 Å². The number of H-pyrrole nitrogens is 1. The molecule has 1 aromatic heterocycles. The molecule has 1 saturated heterocycles. The molecule has 0 aliphatic carbocycles. The second kappa shape index (κ2) is 4.57. The molecule has 0 bridgehead atoms. The average Bonchev–Trinajstić information content (AvgIpc) is 2.76. The second-order valence-corrected chi connectivity index (χ2v) is 7.27. The van der Waals surface area contributed by atoms with E-state index in [1.165, 1.54) is 24.3 Å². The van der Waals surface area contributed by atoms with Crippen molar-refractivity contribution in [1.29, 1.82) is 0 Å². The molecule has 0 saturated carbocycles. The maximum Gasteiger partial charge on any atom is 0.177 e. The first-order valence-electron chi connectivity index (χ1n) is 5.89.